The van der Waals surface area contributed by atoms with Gasteiger partial charge in [-0.05, 0) is 68.7 Å². The fraction of sp³-hybridized carbons (Fsp3) is 0.667. The van der Waals surface area contributed by atoms with Crippen molar-refractivity contribution >= 4 is 5.69 Å². The van der Waals surface area contributed by atoms with E-state index in [1.165, 1.54) is 44.3 Å². The molecule has 0 amide bonds. The van der Waals surface area contributed by atoms with E-state index >= 15 is 0 Å². The van der Waals surface area contributed by atoms with Crippen LogP contribution in [-0.2, 0) is 0 Å². The lowest BCUT2D eigenvalue weighted by atomic mass is 9.89. The maximum absolute atomic E-state index is 3.69. The molecule has 20 heavy (non-hydrogen) atoms. The van der Waals surface area contributed by atoms with Gasteiger partial charge in [-0.3, -0.25) is 0 Å². The lowest BCUT2D eigenvalue weighted by Gasteiger charge is -2.23. The van der Waals surface area contributed by atoms with Gasteiger partial charge in [0.2, 0.25) is 0 Å². The minimum Gasteiger partial charge on any atom is -0.375 e. The van der Waals surface area contributed by atoms with Crippen molar-refractivity contribution in [3.8, 4) is 0 Å². The molecule has 2 fully saturated rings. The molecule has 0 spiro atoms. The van der Waals surface area contributed by atoms with Gasteiger partial charge in [-0.15, -0.1) is 0 Å². The highest BCUT2D eigenvalue weighted by atomic mass is 15.1. The molecular formula is C18H28N2. The first-order valence-corrected chi connectivity index (χ1v) is 8.30. The van der Waals surface area contributed by atoms with Gasteiger partial charge in [0, 0.05) is 19.3 Å². The van der Waals surface area contributed by atoms with E-state index in [0.717, 1.165) is 30.8 Å². The standard InChI is InChI=1S/C18H28N2/c1-20(18-6-3-2-4-7-18)11-5-10-19-14-17-13-15-8-9-16(17)12-15/h2-4,6-7,15-17,19H,5,8-14H2,1H3. The summed E-state index contributed by atoms with van der Waals surface area (Å²) in [6.07, 6.45) is 7.29. The molecule has 3 unspecified atom stereocenters. The van der Waals surface area contributed by atoms with E-state index in [4.69, 9.17) is 0 Å². The number of rotatable bonds is 7. The Morgan fingerprint density at radius 3 is 2.70 bits per heavy atom. The molecule has 0 heterocycles. The summed E-state index contributed by atoms with van der Waals surface area (Å²) in [6.45, 7) is 3.55. The zero-order chi connectivity index (χ0) is 13.8. The van der Waals surface area contributed by atoms with Crippen LogP contribution in [0.1, 0.15) is 32.1 Å². The molecule has 110 valence electrons. The van der Waals surface area contributed by atoms with Crippen LogP contribution < -0.4 is 10.2 Å². The van der Waals surface area contributed by atoms with Gasteiger partial charge in [0.15, 0.2) is 0 Å². The van der Waals surface area contributed by atoms with Crippen LogP contribution in [0.15, 0.2) is 30.3 Å². The Kier molecular flexibility index (Phi) is 4.62. The highest BCUT2D eigenvalue weighted by molar-refractivity contribution is 5.44. The van der Waals surface area contributed by atoms with Crippen LogP contribution in [0.3, 0.4) is 0 Å². The number of benzene rings is 1. The van der Waals surface area contributed by atoms with E-state index < -0.39 is 0 Å². The van der Waals surface area contributed by atoms with Crippen LogP contribution in [0, 0.1) is 17.8 Å². The van der Waals surface area contributed by atoms with Crippen LogP contribution in [0.5, 0.6) is 0 Å². The third kappa shape index (κ3) is 3.35. The van der Waals surface area contributed by atoms with E-state index in [2.05, 4.69) is 47.6 Å². The molecule has 2 heteroatoms. The summed E-state index contributed by atoms with van der Waals surface area (Å²) >= 11 is 0. The summed E-state index contributed by atoms with van der Waals surface area (Å²) in [5.41, 5.74) is 1.32. The van der Waals surface area contributed by atoms with Gasteiger partial charge < -0.3 is 10.2 Å². The van der Waals surface area contributed by atoms with Crippen molar-refractivity contribution in [1.82, 2.24) is 5.32 Å². The van der Waals surface area contributed by atoms with Crippen molar-refractivity contribution in [2.75, 3.05) is 31.6 Å². The molecule has 2 bridgehead atoms. The minimum absolute atomic E-state index is 0.987. The topological polar surface area (TPSA) is 15.3 Å². The number of fused-ring (bicyclic) bond motifs is 2. The van der Waals surface area contributed by atoms with Crippen molar-refractivity contribution in [2.45, 2.75) is 32.1 Å². The highest BCUT2D eigenvalue weighted by Crippen LogP contribution is 2.47. The Labute approximate surface area is 123 Å². The molecule has 0 radical (unpaired) electrons. The van der Waals surface area contributed by atoms with Crippen LogP contribution in [0.25, 0.3) is 0 Å². The molecule has 2 nitrogen and oxygen atoms in total. The average molecular weight is 272 g/mol. The number of anilines is 1. The first-order valence-electron chi connectivity index (χ1n) is 8.30. The Morgan fingerprint density at radius 2 is 2.00 bits per heavy atom. The molecule has 0 aliphatic heterocycles. The molecule has 1 aromatic carbocycles. The van der Waals surface area contributed by atoms with Crippen molar-refractivity contribution in [3.05, 3.63) is 30.3 Å². The number of hydrogen-bond acceptors (Lipinski definition) is 2. The number of nitrogens with one attached hydrogen (secondary N) is 1. The smallest absolute Gasteiger partial charge is 0.0363 e. The Bertz CT molecular complexity index is 403. The van der Waals surface area contributed by atoms with Crippen molar-refractivity contribution in [2.24, 2.45) is 17.8 Å². The van der Waals surface area contributed by atoms with Crippen molar-refractivity contribution < 1.29 is 0 Å². The third-order valence-electron chi connectivity index (χ3n) is 5.34. The van der Waals surface area contributed by atoms with E-state index in [0.29, 0.717) is 0 Å². The largest absolute Gasteiger partial charge is 0.375 e. The number of hydrogen-bond donors (Lipinski definition) is 1. The molecule has 1 N–H and O–H groups in total. The van der Waals surface area contributed by atoms with Gasteiger partial charge in [0.05, 0.1) is 0 Å². The second-order valence-electron chi connectivity index (χ2n) is 6.75. The molecule has 3 atom stereocenters. The highest BCUT2D eigenvalue weighted by Gasteiger charge is 2.38. The number of para-hydroxylation sites is 1. The van der Waals surface area contributed by atoms with Gasteiger partial charge >= 0.3 is 0 Å². The van der Waals surface area contributed by atoms with E-state index in [1.807, 2.05) is 0 Å². The third-order valence-corrected chi connectivity index (χ3v) is 5.34. The summed E-state index contributed by atoms with van der Waals surface area (Å²) in [4.78, 5) is 2.35. The van der Waals surface area contributed by atoms with Gasteiger partial charge in [-0.25, -0.2) is 0 Å². The van der Waals surface area contributed by atoms with Gasteiger partial charge in [0.1, 0.15) is 0 Å². The maximum atomic E-state index is 3.69. The minimum atomic E-state index is 0.987. The van der Waals surface area contributed by atoms with Gasteiger partial charge in [-0.2, -0.15) is 0 Å². The normalized spacial score (nSPS) is 27.9. The Morgan fingerprint density at radius 1 is 1.15 bits per heavy atom. The maximum Gasteiger partial charge on any atom is 0.0363 e. The fourth-order valence-electron chi connectivity index (χ4n) is 4.17. The van der Waals surface area contributed by atoms with E-state index in [1.54, 1.807) is 0 Å². The predicted molar refractivity (Wildman–Crippen MR) is 86.1 cm³/mol. The lowest BCUT2D eigenvalue weighted by molar-refractivity contribution is 0.319. The average Bonchev–Trinajstić information content (AvgIpc) is 3.10. The molecule has 2 aliphatic rings. The zero-order valence-corrected chi connectivity index (χ0v) is 12.7. The van der Waals surface area contributed by atoms with Crippen molar-refractivity contribution in [3.63, 3.8) is 0 Å². The zero-order valence-electron chi connectivity index (χ0n) is 12.7. The SMILES string of the molecule is CN(CCCNCC1CC2CCC1C2)c1ccccc1. The van der Waals surface area contributed by atoms with E-state index in [9.17, 15) is 0 Å². The number of nitrogens with zero attached hydrogens (tertiary/aromatic N) is 1. The quantitative estimate of drug-likeness (QED) is 0.764. The molecule has 1 aromatic rings. The summed E-state index contributed by atoms with van der Waals surface area (Å²) < 4.78 is 0. The first kappa shape index (κ1) is 13.9. The summed E-state index contributed by atoms with van der Waals surface area (Å²) in [7, 11) is 2.19. The van der Waals surface area contributed by atoms with Crippen LogP contribution in [-0.4, -0.2) is 26.7 Å². The molecule has 3 rings (SSSR count). The summed E-state index contributed by atoms with van der Waals surface area (Å²) in [6, 6.07) is 10.7. The summed E-state index contributed by atoms with van der Waals surface area (Å²) in [5, 5.41) is 3.69. The second kappa shape index (κ2) is 6.62. The van der Waals surface area contributed by atoms with Crippen molar-refractivity contribution in [1.29, 1.82) is 0 Å². The fourth-order valence-corrected chi connectivity index (χ4v) is 4.17. The monoisotopic (exact) mass is 272 g/mol. The second-order valence-corrected chi connectivity index (χ2v) is 6.75. The molecule has 0 saturated heterocycles. The molecule has 2 aliphatic carbocycles. The summed E-state index contributed by atoms with van der Waals surface area (Å²) in [5.74, 6) is 3.12. The molecule has 0 aromatic heterocycles. The predicted octanol–water partition coefficient (Wildman–Crippen LogP) is 3.54. The van der Waals surface area contributed by atoms with Gasteiger partial charge in [0.25, 0.3) is 0 Å². The first-order chi connectivity index (χ1) is 9.83. The van der Waals surface area contributed by atoms with Crippen LogP contribution >= 0.6 is 0 Å². The van der Waals surface area contributed by atoms with E-state index in [-0.39, 0.29) is 0 Å². The van der Waals surface area contributed by atoms with Crippen LogP contribution in [0.4, 0.5) is 5.69 Å². The van der Waals surface area contributed by atoms with Gasteiger partial charge in [-0.1, -0.05) is 24.6 Å². The molecule has 2 saturated carbocycles. The molecular weight excluding hydrogens is 244 g/mol. The Hall–Kier alpha value is -1.02. The lowest BCUT2D eigenvalue weighted by Crippen LogP contribution is -2.29. The van der Waals surface area contributed by atoms with Crippen LogP contribution in [0.2, 0.25) is 0 Å². The Balaban J connectivity index is 1.29.